The van der Waals surface area contributed by atoms with Crippen molar-refractivity contribution in [1.82, 2.24) is 15.1 Å². The standard InChI is InChI=1S/C20H29N3O2/c1-3-4-10-23(2)13-18-12-21-22-20(18)17-5-7-19(8-6-17)25-15-16-9-11-24-14-16/h5-8,12,16H,3-4,9-11,13-15H2,1-2H3,(H,21,22). The van der Waals surface area contributed by atoms with E-state index in [-0.39, 0.29) is 0 Å². The summed E-state index contributed by atoms with van der Waals surface area (Å²) in [7, 11) is 2.16. The van der Waals surface area contributed by atoms with Crippen LogP contribution in [0.5, 0.6) is 5.75 Å². The molecule has 1 fully saturated rings. The molecule has 1 aliphatic rings. The Labute approximate surface area is 150 Å². The molecule has 2 aromatic rings. The maximum atomic E-state index is 5.89. The fourth-order valence-corrected chi connectivity index (χ4v) is 3.13. The van der Waals surface area contributed by atoms with E-state index in [9.17, 15) is 0 Å². The van der Waals surface area contributed by atoms with Crippen LogP contribution >= 0.6 is 0 Å². The fourth-order valence-electron chi connectivity index (χ4n) is 3.13. The van der Waals surface area contributed by atoms with Gasteiger partial charge in [-0.25, -0.2) is 0 Å². The molecule has 1 aromatic carbocycles. The molecule has 136 valence electrons. The Morgan fingerprint density at radius 1 is 1.32 bits per heavy atom. The highest BCUT2D eigenvalue weighted by Gasteiger charge is 2.16. The molecule has 5 heteroatoms. The molecule has 0 spiro atoms. The largest absolute Gasteiger partial charge is 0.493 e. The minimum Gasteiger partial charge on any atom is -0.493 e. The Hall–Kier alpha value is -1.85. The van der Waals surface area contributed by atoms with Crippen molar-refractivity contribution in [2.75, 3.05) is 33.4 Å². The van der Waals surface area contributed by atoms with Crippen LogP contribution in [0.25, 0.3) is 11.3 Å². The lowest BCUT2D eigenvalue weighted by molar-refractivity contribution is 0.167. The van der Waals surface area contributed by atoms with Gasteiger partial charge in [0.25, 0.3) is 0 Å². The quantitative estimate of drug-likeness (QED) is 0.754. The molecule has 0 bridgehead atoms. The zero-order chi connectivity index (χ0) is 17.5. The van der Waals surface area contributed by atoms with Gasteiger partial charge < -0.3 is 14.4 Å². The van der Waals surface area contributed by atoms with Crippen LogP contribution in [-0.2, 0) is 11.3 Å². The highest BCUT2D eigenvalue weighted by Crippen LogP contribution is 2.25. The molecule has 1 saturated heterocycles. The summed E-state index contributed by atoms with van der Waals surface area (Å²) in [6.45, 7) is 6.66. The van der Waals surface area contributed by atoms with Crippen LogP contribution in [0, 0.1) is 5.92 Å². The molecular weight excluding hydrogens is 314 g/mol. The number of ether oxygens (including phenoxy) is 2. The number of H-pyrrole nitrogens is 1. The van der Waals surface area contributed by atoms with Crippen molar-refractivity contribution in [3.63, 3.8) is 0 Å². The summed E-state index contributed by atoms with van der Waals surface area (Å²) >= 11 is 0. The van der Waals surface area contributed by atoms with Gasteiger partial charge in [-0.05, 0) is 50.7 Å². The van der Waals surface area contributed by atoms with E-state index in [0.717, 1.165) is 56.3 Å². The summed E-state index contributed by atoms with van der Waals surface area (Å²) in [4.78, 5) is 2.35. The summed E-state index contributed by atoms with van der Waals surface area (Å²) in [6.07, 6.45) is 5.47. The Morgan fingerprint density at radius 3 is 2.88 bits per heavy atom. The van der Waals surface area contributed by atoms with Crippen LogP contribution in [0.3, 0.4) is 0 Å². The van der Waals surface area contributed by atoms with Crippen molar-refractivity contribution in [2.24, 2.45) is 5.92 Å². The maximum Gasteiger partial charge on any atom is 0.119 e. The molecule has 1 aromatic heterocycles. The van der Waals surface area contributed by atoms with E-state index in [0.29, 0.717) is 5.92 Å². The van der Waals surface area contributed by atoms with Gasteiger partial charge in [-0.3, -0.25) is 5.10 Å². The zero-order valence-corrected chi connectivity index (χ0v) is 15.3. The Morgan fingerprint density at radius 2 is 2.16 bits per heavy atom. The normalized spacial score (nSPS) is 17.3. The van der Waals surface area contributed by atoms with Gasteiger partial charge in [-0.15, -0.1) is 0 Å². The van der Waals surface area contributed by atoms with Crippen molar-refractivity contribution < 1.29 is 9.47 Å². The Balaban J connectivity index is 1.59. The van der Waals surface area contributed by atoms with Gasteiger partial charge in [0.05, 0.1) is 25.1 Å². The first-order valence-corrected chi connectivity index (χ1v) is 9.28. The van der Waals surface area contributed by atoms with Crippen LogP contribution in [0.2, 0.25) is 0 Å². The summed E-state index contributed by atoms with van der Waals surface area (Å²) in [6, 6.07) is 8.28. The van der Waals surface area contributed by atoms with Crippen molar-refractivity contribution in [3.05, 3.63) is 36.0 Å². The summed E-state index contributed by atoms with van der Waals surface area (Å²) in [5, 5.41) is 7.39. The predicted molar refractivity (Wildman–Crippen MR) is 99.7 cm³/mol. The zero-order valence-electron chi connectivity index (χ0n) is 15.3. The van der Waals surface area contributed by atoms with Gasteiger partial charge in [-0.1, -0.05) is 13.3 Å². The molecule has 1 aliphatic heterocycles. The number of benzene rings is 1. The van der Waals surface area contributed by atoms with E-state index < -0.39 is 0 Å². The first-order chi connectivity index (χ1) is 12.3. The molecule has 3 rings (SSSR count). The number of rotatable bonds is 9. The van der Waals surface area contributed by atoms with Crippen LogP contribution in [0.1, 0.15) is 31.7 Å². The molecule has 1 unspecified atom stereocenters. The van der Waals surface area contributed by atoms with E-state index >= 15 is 0 Å². The SMILES string of the molecule is CCCCN(C)Cc1cn[nH]c1-c1ccc(OCC2CCOC2)cc1. The van der Waals surface area contributed by atoms with Crippen molar-refractivity contribution in [1.29, 1.82) is 0 Å². The van der Waals surface area contributed by atoms with Gasteiger partial charge in [-0.2, -0.15) is 5.10 Å². The lowest BCUT2D eigenvalue weighted by atomic mass is 10.1. The lowest BCUT2D eigenvalue weighted by Crippen LogP contribution is -2.19. The number of hydrogen-bond acceptors (Lipinski definition) is 4. The van der Waals surface area contributed by atoms with Gasteiger partial charge in [0.15, 0.2) is 0 Å². The van der Waals surface area contributed by atoms with E-state index in [1.807, 2.05) is 18.3 Å². The third-order valence-electron chi connectivity index (χ3n) is 4.70. The average Bonchev–Trinajstić information content (AvgIpc) is 3.30. The highest BCUT2D eigenvalue weighted by molar-refractivity contribution is 5.63. The highest BCUT2D eigenvalue weighted by atomic mass is 16.5. The third-order valence-corrected chi connectivity index (χ3v) is 4.70. The molecular formula is C20H29N3O2. The third kappa shape index (κ3) is 5.06. The fraction of sp³-hybridized carbons (Fsp3) is 0.550. The molecule has 0 radical (unpaired) electrons. The first-order valence-electron chi connectivity index (χ1n) is 9.28. The second-order valence-corrected chi connectivity index (χ2v) is 6.93. The van der Waals surface area contributed by atoms with E-state index in [2.05, 4.69) is 41.2 Å². The number of nitrogens with zero attached hydrogens (tertiary/aromatic N) is 2. The topological polar surface area (TPSA) is 50.4 Å². The molecule has 1 N–H and O–H groups in total. The number of aromatic nitrogens is 2. The molecule has 25 heavy (non-hydrogen) atoms. The predicted octanol–water partition coefficient (Wildman–Crippen LogP) is 3.72. The molecule has 5 nitrogen and oxygen atoms in total. The first kappa shape index (κ1) is 18.0. The van der Waals surface area contributed by atoms with Gasteiger partial charge in [0, 0.05) is 30.2 Å². The smallest absolute Gasteiger partial charge is 0.119 e. The van der Waals surface area contributed by atoms with E-state index in [1.54, 1.807) is 0 Å². The Kier molecular flexibility index (Phi) is 6.48. The van der Waals surface area contributed by atoms with Gasteiger partial charge in [0.1, 0.15) is 5.75 Å². The van der Waals surface area contributed by atoms with Gasteiger partial charge in [0.2, 0.25) is 0 Å². The minimum absolute atomic E-state index is 0.526. The van der Waals surface area contributed by atoms with Crippen LogP contribution in [0.4, 0.5) is 0 Å². The maximum absolute atomic E-state index is 5.89. The lowest BCUT2D eigenvalue weighted by Gasteiger charge is -2.16. The molecule has 2 heterocycles. The Bertz CT molecular complexity index is 633. The van der Waals surface area contributed by atoms with Gasteiger partial charge >= 0.3 is 0 Å². The number of aromatic amines is 1. The summed E-state index contributed by atoms with van der Waals surface area (Å²) in [5.74, 6) is 1.44. The van der Waals surface area contributed by atoms with Crippen molar-refractivity contribution in [2.45, 2.75) is 32.7 Å². The number of hydrogen-bond donors (Lipinski definition) is 1. The van der Waals surface area contributed by atoms with Crippen molar-refractivity contribution in [3.8, 4) is 17.0 Å². The summed E-state index contributed by atoms with van der Waals surface area (Å²) < 4.78 is 11.3. The second kappa shape index (κ2) is 9.02. The molecule has 0 aliphatic carbocycles. The molecule has 0 saturated carbocycles. The van der Waals surface area contributed by atoms with Crippen molar-refractivity contribution >= 4 is 0 Å². The summed E-state index contributed by atoms with van der Waals surface area (Å²) in [5.41, 5.74) is 3.47. The average molecular weight is 343 g/mol. The molecule has 0 amide bonds. The van der Waals surface area contributed by atoms with E-state index in [1.165, 1.54) is 18.4 Å². The number of unbranched alkanes of at least 4 members (excludes halogenated alkanes) is 1. The molecule has 1 atom stereocenters. The van der Waals surface area contributed by atoms with Crippen LogP contribution < -0.4 is 4.74 Å². The van der Waals surface area contributed by atoms with Crippen LogP contribution in [-0.4, -0.2) is 48.5 Å². The monoisotopic (exact) mass is 343 g/mol. The van der Waals surface area contributed by atoms with Crippen LogP contribution in [0.15, 0.2) is 30.5 Å². The second-order valence-electron chi connectivity index (χ2n) is 6.93. The van der Waals surface area contributed by atoms with E-state index in [4.69, 9.17) is 9.47 Å². The minimum atomic E-state index is 0.526. The number of nitrogens with one attached hydrogen (secondary N) is 1.